The van der Waals surface area contributed by atoms with Gasteiger partial charge >= 0.3 is 6.18 Å². The molecule has 0 amide bonds. The minimum absolute atomic E-state index is 0.176. The molecule has 2 fully saturated rings. The van der Waals surface area contributed by atoms with E-state index in [-0.39, 0.29) is 21.1 Å². The van der Waals surface area contributed by atoms with Gasteiger partial charge in [-0.3, -0.25) is 0 Å². The number of imidazole rings is 1. The second-order valence-electron chi connectivity index (χ2n) is 7.65. The fraction of sp³-hybridized carbons (Fsp3) is 0.529. The summed E-state index contributed by atoms with van der Waals surface area (Å²) in [6, 6.07) is 0.757. The van der Waals surface area contributed by atoms with E-state index in [9.17, 15) is 21.6 Å². The molecule has 1 unspecified atom stereocenters. The molecule has 29 heavy (non-hydrogen) atoms. The summed E-state index contributed by atoms with van der Waals surface area (Å²) >= 11 is 2.12. The molecule has 12 heteroatoms. The summed E-state index contributed by atoms with van der Waals surface area (Å²) in [5.74, 6) is -0.972. The third-order valence-corrected chi connectivity index (χ3v) is 8.92. The lowest BCUT2D eigenvalue weighted by atomic mass is 10.2. The maximum atomic E-state index is 13.8. The number of aromatic amines is 1. The third kappa shape index (κ3) is 3.32. The summed E-state index contributed by atoms with van der Waals surface area (Å²) in [5.41, 5.74) is 1.04. The first-order valence-corrected chi connectivity index (χ1v) is 12.0. The van der Waals surface area contributed by atoms with Crippen LogP contribution < -0.4 is 4.72 Å². The summed E-state index contributed by atoms with van der Waals surface area (Å²) in [6.07, 6.45) is 0.361. The van der Waals surface area contributed by atoms with Crippen molar-refractivity contribution in [1.82, 2.24) is 24.2 Å². The average Bonchev–Trinajstić information content (AvgIpc) is 3.11. The van der Waals surface area contributed by atoms with Crippen molar-refractivity contribution in [2.75, 3.05) is 0 Å². The molecule has 7 nitrogen and oxygen atoms in total. The van der Waals surface area contributed by atoms with E-state index in [1.165, 1.54) is 10.8 Å². The number of fused-ring (bicyclic) bond motifs is 3. The zero-order valence-corrected chi connectivity index (χ0v) is 17.9. The van der Waals surface area contributed by atoms with Crippen LogP contribution in [0.2, 0.25) is 0 Å². The van der Waals surface area contributed by atoms with E-state index in [1.54, 1.807) is 12.3 Å². The number of H-pyrrole nitrogens is 1. The van der Waals surface area contributed by atoms with Crippen LogP contribution >= 0.6 is 22.6 Å². The Balaban J connectivity index is 1.60. The summed E-state index contributed by atoms with van der Waals surface area (Å²) in [4.78, 5) is 10.9. The molecule has 156 valence electrons. The standard InChI is InChI=1S/C17H17F3IN5O2S/c18-17(19,20)16-24-12-7-23-15-10(3-4-22-15)14(12)26(16)13-6-8(5-11(13)21)25-29(27,28)9-1-2-9/h3-4,7-9,11,13,25H,1-2,5-6H2,(H,22,23)/t8?,11-,13+/m1/s1. The van der Waals surface area contributed by atoms with Gasteiger partial charge in [-0.05, 0) is 31.7 Å². The Hall–Kier alpha value is -1.41. The molecule has 0 saturated heterocycles. The van der Waals surface area contributed by atoms with Crippen molar-refractivity contribution in [1.29, 1.82) is 0 Å². The molecule has 2 aliphatic rings. The minimum Gasteiger partial charge on any atom is -0.346 e. The lowest BCUT2D eigenvalue weighted by Crippen LogP contribution is -2.35. The number of alkyl halides is 4. The molecule has 3 atom stereocenters. The van der Waals surface area contributed by atoms with Gasteiger partial charge in [0.15, 0.2) is 0 Å². The summed E-state index contributed by atoms with van der Waals surface area (Å²) in [6.45, 7) is 0. The van der Waals surface area contributed by atoms with Crippen molar-refractivity contribution in [2.45, 2.75) is 53.1 Å². The number of nitrogens with zero attached hydrogens (tertiary/aromatic N) is 3. The molecular formula is C17H17F3IN5O2S. The van der Waals surface area contributed by atoms with Crippen LogP contribution in [0.3, 0.4) is 0 Å². The van der Waals surface area contributed by atoms with Gasteiger partial charge in [0.05, 0.1) is 17.0 Å². The summed E-state index contributed by atoms with van der Waals surface area (Å²) < 4.78 is 69.9. The Bertz CT molecular complexity index is 1200. The summed E-state index contributed by atoms with van der Waals surface area (Å²) in [7, 11) is -3.41. The zero-order valence-electron chi connectivity index (χ0n) is 14.9. The van der Waals surface area contributed by atoms with Crippen molar-refractivity contribution < 1.29 is 21.6 Å². The number of nitrogens with one attached hydrogen (secondary N) is 2. The second kappa shape index (κ2) is 6.54. The highest BCUT2D eigenvalue weighted by Gasteiger charge is 2.45. The molecule has 0 radical (unpaired) electrons. The van der Waals surface area contributed by atoms with Gasteiger partial charge in [-0.1, -0.05) is 22.6 Å². The van der Waals surface area contributed by atoms with Gasteiger partial charge in [-0.2, -0.15) is 13.2 Å². The van der Waals surface area contributed by atoms with Gasteiger partial charge in [-0.15, -0.1) is 0 Å². The van der Waals surface area contributed by atoms with E-state index in [4.69, 9.17) is 0 Å². The second-order valence-corrected chi connectivity index (χ2v) is 11.2. The summed E-state index contributed by atoms with van der Waals surface area (Å²) in [5, 5.41) is 0.204. The van der Waals surface area contributed by atoms with Crippen molar-refractivity contribution in [3.8, 4) is 0 Å². The minimum atomic E-state index is -4.64. The number of hydrogen-bond donors (Lipinski definition) is 2. The number of pyridine rings is 1. The molecule has 3 heterocycles. The average molecular weight is 539 g/mol. The van der Waals surface area contributed by atoms with Crippen LogP contribution in [0.5, 0.6) is 0 Å². The third-order valence-electron chi connectivity index (χ3n) is 5.57. The van der Waals surface area contributed by atoms with Gasteiger partial charge in [0.2, 0.25) is 15.8 Å². The Morgan fingerprint density at radius 3 is 2.72 bits per heavy atom. The van der Waals surface area contributed by atoms with Crippen molar-refractivity contribution in [3.05, 3.63) is 24.3 Å². The van der Waals surface area contributed by atoms with Crippen LogP contribution in [-0.2, 0) is 16.2 Å². The molecule has 2 N–H and O–H groups in total. The fourth-order valence-corrected chi connectivity index (χ4v) is 6.98. The van der Waals surface area contributed by atoms with E-state index in [0.717, 1.165) is 0 Å². The number of halogens is 4. The predicted octanol–water partition coefficient (Wildman–Crippen LogP) is 3.52. The largest absolute Gasteiger partial charge is 0.449 e. The predicted molar refractivity (Wildman–Crippen MR) is 109 cm³/mol. The van der Waals surface area contributed by atoms with Gasteiger partial charge in [-0.25, -0.2) is 23.1 Å². The highest BCUT2D eigenvalue weighted by atomic mass is 127. The van der Waals surface area contributed by atoms with Crippen LogP contribution in [0.4, 0.5) is 13.2 Å². The Labute approximate surface area is 177 Å². The molecule has 5 rings (SSSR count). The molecule has 0 bridgehead atoms. The maximum absolute atomic E-state index is 13.8. The molecule has 0 aliphatic heterocycles. The number of aromatic nitrogens is 4. The van der Waals surface area contributed by atoms with Crippen LogP contribution in [0.15, 0.2) is 18.5 Å². The first-order chi connectivity index (χ1) is 13.6. The smallest absolute Gasteiger partial charge is 0.346 e. The van der Waals surface area contributed by atoms with E-state index < -0.39 is 34.1 Å². The van der Waals surface area contributed by atoms with E-state index in [2.05, 4.69) is 42.3 Å². The maximum Gasteiger partial charge on any atom is 0.449 e. The van der Waals surface area contributed by atoms with Crippen LogP contribution in [0.1, 0.15) is 37.5 Å². The molecule has 3 aromatic rings. The number of hydrogen-bond acceptors (Lipinski definition) is 4. The fourth-order valence-electron chi connectivity index (χ4n) is 4.15. The highest BCUT2D eigenvalue weighted by Crippen LogP contribution is 2.44. The molecule has 3 aromatic heterocycles. The van der Waals surface area contributed by atoms with Crippen molar-refractivity contribution >= 4 is 54.7 Å². The lowest BCUT2D eigenvalue weighted by Gasteiger charge is -2.21. The van der Waals surface area contributed by atoms with Gasteiger partial charge in [0.25, 0.3) is 0 Å². The Morgan fingerprint density at radius 2 is 2.03 bits per heavy atom. The lowest BCUT2D eigenvalue weighted by molar-refractivity contribution is -0.147. The normalized spacial score (nSPS) is 26.0. The number of sulfonamides is 1. The quantitative estimate of drug-likeness (QED) is 0.392. The van der Waals surface area contributed by atoms with Gasteiger partial charge < -0.3 is 9.55 Å². The van der Waals surface area contributed by atoms with Crippen molar-refractivity contribution in [3.63, 3.8) is 0 Å². The van der Waals surface area contributed by atoms with Crippen LogP contribution in [0, 0.1) is 0 Å². The molecule has 0 aromatic carbocycles. The van der Waals surface area contributed by atoms with Crippen LogP contribution in [-0.4, -0.2) is 43.2 Å². The Morgan fingerprint density at radius 1 is 1.28 bits per heavy atom. The van der Waals surface area contributed by atoms with E-state index in [1.807, 2.05) is 0 Å². The van der Waals surface area contributed by atoms with Crippen LogP contribution in [0.25, 0.3) is 22.1 Å². The first kappa shape index (κ1) is 19.5. The van der Waals surface area contributed by atoms with Gasteiger partial charge in [0, 0.05) is 27.6 Å². The zero-order chi connectivity index (χ0) is 20.6. The first-order valence-electron chi connectivity index (χ1n) is 9.21. The topological polar surface area (TPSA) is 92.7 Å². The van der Waals surface area contributed by atoms with Crippen molar-refractivity contribution in [2.24, 2.45) is 0 Å². The number of rotatable bonds is 4. The molecular weight excluding hydrogens is 522 g/mol. The van der Waals surface area contributed by atoms with Gasteiger partial charge in [0.1, 0.15) is 11.2 Å². The van der Waals surface area contributed by atoms with E-state index >= 15 is 0 Å². The Kier molecular flexibility index (Phi) is 4.41. The SMILES string of the molecule is O=S(=O)(NC1C[C@@H](I)[C@@H](n2c(C(F)(F)F)nc3cnc4[nH]ccc4c32)C1)C1CC1. The monoisotopic (exact) mass is 539 g/mol. The molecule has 2 aliphatic carbocycles. The molecule has 0 spiro atoms. The van der Waals surface area contributed by atoms with E-state index in [0.29, 0.717) is 35.8 Å². The highest BCUT2D eigenvalue weighted by molar-refractivity contribution is 14.1. The molecule has 2 saturated carbocycles.